The van der Waals surface area contributed by atoms with Crippen LogP contribution in [0.25, 0.3) is 0 Å². The molecule has 0 spiro atoms. The van der Waals surface area contributed by atoms with Crippen molar-refractivity contribution in [3.05, 3.63) is 29.3 Å². The molecule has 0 aliphatic rings. The maximum atomic E-state index is 10.8. The highest BCUT2D eigenvalue weighted by Crippen LogP contribution is 2.17. The topological polar surface area (TPSA) is 63.3 Å². The fraction of sp³-hybridized carbons (Fsp3) is 0.100. The Morgan fingerprint density at radius 3 is 2.86 bits per heavy atom. The van der Waals surface area contributed by atoms with E-state index < -0.39 is 5.91 Å². The summed E-state index contributed by atoms with van der Waals surface area (Å²) in [7, 11) is 0. The summed E-state index contributed by atoms with van der Waals surface area (Å²) in [6.07, 6.45) is 0. The molecule has 1 aromatic rings. The molecule has 3 N–H and O–H groups in total. The van der Waals surface area contributed by atoms with Crippen LogP contribution in [0.3, 0.4) is 0 Å². The second kappa shape index (κ2) is 4.58. The number of carbonyl (C=O) groups is 1. The molecule has 1 amide bonds. The van der Waals surface area contributed by atoms with Gasteiger partial charge in [-0.2, -0.15) is 12.6 Å². The Balaban J connectivity index is 3.13. The molecule has 3 nitrogen and oxygen atoms in total. The molecule has 14 heavy (non-hydrogen) atoms. The van der Waals surface area contributed by atoms with Gasteiger partial charge in [0.2, 0.25) is 0 Å². The largest absolute Gasteiger partial charge is 0.507 e. The van der Waals surface area contributed by atoms with Crippen LogP contribution in [0.1, 0.15) is 15.9 Å². The lowest BCUT2D eigenvalue weighted by molar-refractivity contribution is 0.0997. The summed E-state index contributed by atoms with van der Waals surface area (Å²) in [5.74, 6) is 5.14. The lowest BCUT2D eigenvalue weighted by Crippen LogP contribution is -2.11. The maximum absolute atomic E-state index is 10.8. The Hall–Kier alpha value is -1.60. The maximum Gasteiger partial charge on any atom is 0.252 e. The molecular formula is C10H9NO2S. The summed E-state index contributed by atoms with van der Waals surface area (Å²) in [5.41, 5.74) is 5.76. The Morgan fingerprint density at radius 2 is 2.29 bits per heavy atom. The standard InChI is InChI=1S/C10H9NO2S/c11-10(13)8-6-7(2-1-5-14)3-4-9(8)12/h3-4,6,12,14H,5H2,(H2,11,13). The number of thiol groups is 1. The van der Waals surface area contributed by atoms with E-state index in [2.05, 4.69) is 24.5 Å². The van der Waals surface area contributed by atoms with Gasteiger partial charge in [0.25, 0.3) is 5.91 Å². The fourth-order valence-electron chi connectivity index (χ4n) is 0.953. The van der Waals surface area contributed by atoms with Crippen LogP contribution in [0.2, 0.25) is 0 Å². The van der Waals surface area contributed by atoms with Crippen molar-refractivity contribution in [1.29, 1.82) is 0 Å². The second-order valence-corrected chi connectivity index (χ2v) is 2.87. The summed E-state index contributed by atoms with van der Waals surface area (Å²) in [4.78, 5) is 10.8. The first kappa shape index (κ1) is 10.5. The molecule has 72 valence electrons. The van der Waals surface area contributed by atoms with Crippen molar-refractivity contribution in [3.63, 3.8) is 0 Å². The van der Waals surface area contributed by atoms with E-state index in [1.54, 1.807) is 6.07 Å². The lowest BCUT2D eigenvalue weighted by Gasteiger charge is -1.99. The Morgan fingerprint density at radius 1 is 1.57 bits per heavy atom. The van der Waals surface area contributed by atoms with Crippen LogP contribution < -0.4 is 5.73 Å². The van der Waals surface area contributed by atoms with Crippen molar-refractivity contribution in [2.24, 2.45) is 5.73 Å². The van der Waals surface area contributed by atoms with Gasteiger partial charge in [-0.25, -0.2) is 0 Å². The van der Waals surface area contributed by atoms with Crippen molar-refractivity contribution >= 4 is 18.5 Å². The SMILES string of the molecule is NC(=O)c1cc(C#CCS)ccc1O. The highest BCUT2D eigenvalue weighted by atomic mass is 32.1. The summed E-state index contributed by atoms with van der Waals surface area (Å²) in [6, 6.07) is 4.45. The van der Waals surface area contributed by atoms with Gasteiger partial charge in [0, 0.05) is 5.56 Å². The van der Waals surface area contributed by atoms with Gasteiger partial charge < -0.3 is 10.8 Å². The van der Waals surface area contributed by atoms with Gasteiger partial charge in [0.05, 0.1) is 11.3 Å². The average Bonchev–Trinajstić information content (AvgIpc) is 2.16. The number of carbonyl (C=O) groups excluding carboxylic acids is 1. The zero-order valence-electron chi connectivity index (χ0n) is 7.32. The average molecular weight is 207 g/mol. The summed E-state index contributed by atoms with van der Waals surface area (Å²) in [6.45, 7) is 0. The van der Waals surface area contributed by atoms with E-state index in [9.17, 15) is 9.90 Å². The van der Waals surface area contributed by atoms with Crippen LogP contribution in [0.5, 0.6) is 5.75 Å². The Bertz CT molecular complexity index is 418. The van der Waals surface area contributed by atoms with Crippen LogP contribution in [-0.2, 0) is 0 Å². The number of rotatable bonds is 1. The third-order valence-corrected chi connectivity index (χ3v) is 1.73. The molecule has 4 heteroatoms. The smallest absolute Gasteiger partial charge is 0.252 e. The number of phenols is 1. The van der Waals surface area contributed by atoms with Gasteiger partial charge in [-0.1, -0.05) is 11.8 Å². The van der Waals surface area contributed by atoms with Crippen LogP contribution in [0.15, 0.2) is 18.2 Å². The molecule has 0 bridgehead atoms. The predicted octanol–water partition coefficient (Wildman–Crippen LogP) is 0.772. The fourth-order valence-corrected chi connectivity index (χ4v) is 1.03. The predicted molar refractivity (Wildman–Crippen MR) is 57.4 cm³/mol. The third kappa shape index (κ3) is 2.44. The number of hydrogen-bond donors (Lipinski definition) is 3. The molecule has 0 saturated carbocycles. The van der Waals surface area contributed by atoms with Gasteiger partial charge in [-0.3, -0.25) is 4.79 Å². The van der Waals surface area contributed by atoms with E-state index in [4.69, 9.17) is 5.73 Å². The van der Waals surface area contributed by atoms with E-state index in [0.717, 1.165) is 0 Å². The van der Waals surface area contributed by atoms with Crippen LogP contribution >= 0.6 is 12.6 Å². The minimum absolute atomic E-state index is 0.0796. The first-order valence-corrected chi connectivity index (χ1v) is 4.51. The monoisotopic (exact) mass is 207 g/mol. The third-order valence-electron chi connectivity index (χ3n) is 1.57. The number of aromatic hydroxyl groups is 1. The van der Waals surface area contributed by atoms with Crippen molar-refractivity contribution in [3.8, 4) is 17.6 Å². The van der Waals surface area contributed by atoms with E-state index in [0.29, 0.717) is 11.3 Å². The van der Waals surface area contributed by atoms with Crippen molar-refractivity contribution in [2.75, 3.05) is 5.75 Å². The van der Waals surface area contributed by atoms with Gasteiger partial charge in [0.15, 0.2) is 0 Å². The minimum atomic E-state index is -0.669. The molecule has 0 aliphatic heterocycles. The van der Waals surface area contributed by atoms with Crippen LogP contribution in [0.4, 0.5) is 0 Å². The van der Waals surface area contributed by atoms with Crippen molar-refractivity contribution < 1.29 is 9.90 Å². The van der Waals surface area contributed by atoms with Crippen molar-refractivity contribution in [1.82, 2.24) is 0 Å². The van der Waals surface area contributed by atoms with Gasteiger partial charge in [-0.15, -0.1) is 0 Å². The normalized spacial score (nSPS) is 8.93. The number of hydrogen-bond acceptors (Lipinski definition) is 3. The molecule has 0 atom stereocenters. The molecule has 1 aromatic carbocycles. The summed E-state index contributed by atoms with van der Waals surface area (Å²) in [5, 5.41) is 9.27. The van der Waals surface area contributed by atoms with Gasteiger partial charge in [-0.05, 0) is 18.2 Å². The van der Waals surface area contributed by atoms with E-state index in [1.165, 1.54) is 12.1 Å². The summed E-state index contributed by atoms with van der Waals surface area (Å²) < 4.78 is 0. The zero-order valence-corrected chi connectivity index (χ0v) is 8.21. The quantitative estimate of drug-likeness (QED) is 0.470. The Kier molecular flexibility index (Phi) is 3.43. The number of benzene rings is 1. The molecular weight excluding hydrogens is 198 g/mol. The van der Waals surface area contributed by atoms with E-state index in [1.807, 2.05) is 0 Å². The minimum Gasteiger partial charge on any atom is -0.507 e. The highest BCUT2D eigenvalue weighted by Gasteiger charge is 2.06. The lowest BCUT2D eigenvalue weighted by atomic mass is 10.1. The first-order chi connectivity index (χ1) is 6.65. The van der Waals surface area contributed by atoms with E-state index >= 15 is 0 Å². The second-order valence-electron chi connectivity index (χ2n) is 2.56. The number of nitrogens with two attached hydrogens (primary N) is 1. The molecule has 0 heterocycles. The van der Waals surface area contributed by atoms with Gasteiger partial charge >= 0.3 is 0 Å². The molecule has 0 aromatic heterocycles. The van der Waals surface area contributed by atoms with Crippen LogP contribution in [0, 0.1) is 11.8 Å². The van der Waals surface area contributed by atoms with Crippen LogP contribution in [-0.4, -0.2) is 16.8 Å². The zero-order chi connectivity index (χ0) is 10.6. The molecule has 1 rings (SSSR count). The highest BCUT2D eigenvalue weighted by molar-refractivity contribution is 7.80. The number of primary amides is 1. The molecule has 0 radical (unpaired) electrons. The van der Waals surface area contributed by atoms with Crippen molar-refractivity contribution in [2.45, 2.75) is 0 Å². The van der Waals surface area contributed by atoms with Gasteiger partial charge in [0.1, 0.15) is 5.75 Å². The first-order valence-electron chi connectivity index (χ1n) is 3.87. The number of amides is 1. The Labute approximate surface area is 87.3 Å². The molecule has 0 aliphatic carbocycles. The summed E-state index contributed by atoms with van der Waals surface area (Å²) >= 11 is 3.92. The molecule has 0 unspecified atom stereocenters. The van der Waals surface area contributed by atoms with E-state index in [-0.39, 0.29) is 11.3 Å². The molecule has 0 fully saturated rings. The molecule has 0 saturated heterocycles.